The lowest BCUT2D eigenvalue weighted by molar-refractivity contribution is 0.202. The van der Waals surface area contributed by atoms with Gasteiger partial charge in [0.05, 0.1) is 12.8 Å². The van der Waals surface area contributed by atoms with Gasteiger partial charge in [-0.2, -0.15) is 0 Å². The molecule has 0 saturated carbocycles. The van der Waals surface area contributed by atoms with Crippen LogP contribution in [-0.4, -0.2) is 59.7 Å². The van der Waals surface area contributed by atoms with Crippen LogP contribution < -0.4 is 10.1 Å². The molecule has 0 spiro atoms. The van der Waals surface area contributed by atoms with E-state index >= 15 is 0 Å². The highest BCUT2D eigenvalue weighted by atomic mass is 16.5. The highest BCUT2D eigenvalue weighted by Crippen LogP contribution is 2.20. The quantitative estimate of drug-likeness (QED) is 0.742. The van der Waals surface area contributed by atoms with Crippen molar-refractivity contribution in [1.29, 1.82) is 0 Å². The Hall–Kier alpha value is -2.57. The molecule has 2 aromatic rings. The maximum Gasteiger partial charge on any atom is 0.138 e. The number of methoxy groups -OCH3 is 1. The minimum absolute atomic E-state index is 0.219. The fraction of sp³-hybridized carbons (Fsp3) is 0.435. The van der Waals surface area contributed by atoms with Gasteiger partial charge >= 0.3 is 0 Å². The molecule has 1 atom stereocenters. The number of piperazine rings is 1. The van der Waals surface area contributed by atoms with Crippen LogP contribution >= 0.6 is 0 Å². The van der Waals surface area contributed by atoms with Crippen molar-refractivity contribution < 1.29 is 4.74 Å². The van der Waals surface area contributed by atoms with Crippen LogP contribution in [-0.2, 0) is 6.54 Å². The molecule has 0 radical (unpaired) electrons. The second-order valence-electron chi connectivity index (χ2n) is 7.54. The van der Waals surface area contributed by atoms with Crippen LogP contribution in [0.15, 0.2) is 43.1 Å². The summed E-state index contributed by atoms with van der Waals surface area (Å²) in [4.78, 5) is 9.51. The molecule has 29 heavy (non-hydrogen) atoms. The van der Waals surface area contributed by atoms with Crippen molar-refractivity contribution in [3.05, 3.63) is 60.2 Å². The summed E-state index contributed by atoms with van der Waals surface area (Å²) in [6.07, 6.45) is 6.16. The standard InChI is InChI=1S/C23H33N5O/c1-6-7-23-25-21(16-24-18(2)20-8-10-22(29-5)11-9-20)17-28(23)19(3)27-14-12-26(4)13-15-27/h6-11,17-18,24H,3,12-16H2,1-2,4-5H3/b7-6-/t18-/m0/s1. The molecule has 1 aliphatic heterocycles. The Morgan fingerprint density at radius 2 is 1.93 bits per heavy atom. The molecule has 0 amide bonds. The van der Waals surface area contributed by atoms with Crippen molar-refractivity contribution in [3.63, 3.8) is 0 Å². The number of hydrogen-bond acceptors (Lipinski definition) is 5. The van der Waals surface area contributed by atoms with E-state index in [-0.39, 0.29) is 6.04 Å². The summed E-state index contributed by atoms with van der Waals surface area (Å²) in [6, 6.07) is 8.39. The summed E-state index contributed by atoms with van der Waals surface area (Å²) in [5, 5.41) is 3.57. The Kier molecular flexibility index (Phi) is 7.12. The van der Waals surface area contributed by atoms with Gasteiger partial charge in [0.1, 0.15) is 17.4 Å². The molecule has 0 aliphatic carbocycles. The second-order valence-corrected chi connectivity index (χ2v) is 7.54. The van der Waals surface area contributed by atoms with Crippen LogP contribution in [0.25, 0.3) is 11.9 Å². The van der Waals surface area contributed by atoms with Gasteiger partial charge in [0.25, 0.3) is 0 Å². The van der Waals surface area contributed by atoms with E-state index in [0.29, 0.717) is 6.54 Å². The lowest BCUT2D eigenvalue weighted by Crippen LogP contribution is -2.44. The average molecular weight is 396 g/mol. The van der Waals surface area contributed by atoms with Gasteiger partial charge in [-0.1, -0.05) is 24.8 Å². The minimum atomic E-state index is 0.219. The molecule has 1 aliphatic rings. The van der Waals surface area contributed by atoms with Gasteiger partial charge in [-0.25, -0.2) is 4.98 Å². The Morgan fingerprint density at radius 1 is 1.24 bits per heavy atom. The average Bonchev–Trinajstić information content (AvgIpc) is 3.15. The summed E-state index contributed by atoms with van der Waals surface area (Å²) in [7, 11) is 3.85. The largest absolute Gasteiger partial charge is 0.497 e. The third kappa shape index (κ3) is 5.28. The van der Waals surface area contributed by atoms with Crippen LogP contribution in [0.1, 0.15) is 37.0 Å². The molecule has 3 rings (SSSR count). The topological polar surface area (TPSA) is 45.6 Å². The van der Waals surface area contributed by atoms with Crippen LogP contribution in [0.3, 0.4) is 0 Å². The second kappa shape index (κ2) is 9.76. The number of allylic oxidation sites excluding steroid dienone is 1. The Bertz CT molecular complexity index is 831. The highest BCUT2D eigenvalue weighted by molar-refractivity contribution is 5.51. The number of nitrogens with zero attached hydrogens (tertiary/aromatic N) is 4. The van der Waals surface area contributed by atoms with Crippen molar-refractivity contribution in [2.45, 2.75) is 26.4 Å². The van der Waals surface area contributed by atoms with Crippen LogP contribution in [0.2, 0.25) is 0 Å². The number of imidazole rings is 1. The molecule has 1 N–H and O–H groups in total. The molecule has 1 aromatic carbocycles. The van der Waals surface area contributed by atoms with Crippen molar-refractivity contribution in [3.8, 4) is 5.75 Å². The van der Waals surface area contributed by atoms with Crippen molar-refractivity contribution in [2.75, 3.05) is 40.3 Å². The van der Waals surface area contributed by atoms with Gasteiger partial charge in [-0.3, -0.25) is 4.57 Å². The zero-order chi connectivity index (χ0) is 20.8. The summed E-state index contributed by atoms with van der Waals surface area (Å²) < 4.78 is 7.35. The van der Waals surface area contributed by atoms with E-state index in [1.807, 2.05) is 31.2 Å². The molecule has 6 nitrogen and oxygen atoms in total. The lowest BCUT2D eigenvalue weighted by atomic mass is 10.1. The number of nitrogens with one attached hydrogen (secondary N) is 1. The number of hydrogen-bond donors (Lipinski definition) is 1. The molecule has 2 heterocycles. The molecule has 1 aromatic heterocycles. The third-order valence-corrected chi connectivity index (χ3v) is 5.45. The van der Waals surface area contributed by atoms with Crippen molar-refractivity contribution in [1.82, 2.24) is 24.7 Å². The van der Waals surface area contributed by atoms with Crippen LogP contribution in [0.5, 0.6) is 5.75 Å². The molecule has 0 unspecified atom stereocenters. The first-order valence-corrected chi connectivity index (χ1v) is 10.2. The molecule has 0 bridgehead atoms. The highest BCUT2D eigenvalue weighted by Gasteiger charge is 2.18. The molecule has 1 fully saturated rings. The summed E-state index contributed by atoms with van der Waals surface area (Å²) >= 11 is 0. The van der Waals surface area contributed by atoms with E-state index in [1.165, 1.54) is 5.56 Å². The normalized spacial score (nSPS) is 16.3. The zero-order valence-corrected chi connectivity index (χ0v) is 18.1. The van der Waals surface area contributed by atoms with Gasteiger partial charge in [0, 0.05) is 45.0 Å². The van der Waals surface area contributed by atoms with E-state index in [0.717, 1.165) is 49.3 Å². The molecule has 1 saturated heterocycles. The first-order valence-electron chi connectivity index (χ1n) is 10.2. The van der Waals surface area contributed by atoms with E-state index in [2.05, 4.69) is 58.6 Å². The van der Waals surface area contributed by atoms with Gasteiger partial charge in [-0.05, 0) is 44.7 Å². The Morgan fingerprint density at radius 3 is 2.55 bits per heavy atom. The summed E-state index contributed by atoms with van der Waals surface area (Å²) in [5.74, 6) is 2.79. The summed E-state index contributed by atoms with van der Waals surface area (Å²) in [5.41, 5.74) is 2.23. The predicted molar refractivity (Wildman–Crippen MR) is 120 cm³/mol. The van der Waals surface area contributed by atoms with E-state index in [1.54, 1.807) is 7.11 Å². The molecule has 6 heteroatoms. The van der Waals surface area contributed by atoms with Crippen LogP contribution in [0, 0.1) is 0 Å². The Labute approximate surface area is 174 Å². The van der Waals surface area contributed by atoms with Crippen molar-refractivity contribution in [2.24, 2.45) is 0 Å². The maximum absolute atomic E-state index is 5.24. The van der Waals surface area contributed by atoms with E-state index in [9.17, 15) is 0 Å². The van der Waals surface area contributed by atoms with E-state index in [4.69, 9.17) is 9.72 Å². The molecule has 156 valence electrons. The fourth-order valence-electron chi connectivity index (χ4n) is 3.49. The van der Waals surface area contributed by atoms with E-state index < -0.39 is 0 Å². The Balaban J connectivity index is 1.68. The van der Waals surface area contributed by atoms with Gasteiger partial charge in [0.15, 0.2) is 0 Å². The number of rotatable bonds is 8. The summed E-state index contributed by atoms with van der Waals surface area (Å²) in [6.45, 7) is 13.3. The number of benzene rings is 1. The van der Waals surface area contributed by atoms with Crippen LogP contribution in [0.4, 0.5) is 0 Å². The van der Waals surface area contributed by atoms with Gasteiger partial charge < -0.3 is 19.9 Å². The zero-order valence-electron chi connectivity index (χ0n) is 18.1. The monoisotopic (exact) mass is 395 g/mol. The maximum atomic E-state index is 5.24. The van der Waals surface area contributed by atoms with Crippen molar-refractivity contribution >= 4 is 11.9 Å². The first-order chi connectivity index (χ1) is 14.0. The van der Waals surface area contributed by atoms with Gasteiger partial charge in [-0.15, -0.1) is 0 Å². The fourth-order valence-corrected chi connectivity index (χ4v) is 3.49. The number of likely N-dealkylation sites (N-methyl/N-ethyl adjacent to an activating group) is 1. The number of ether oxygens (including phenoxy) is 1. The predicted octanol–water partition coefficient (Wildman–Crippen LogP) is 3.45. The third-order valence-electron chi connectivity index (χ3n) is 5.45. The minimum Gasteiger partial charge on any atom is -0.497 e. The molecular weight excluding hydrogens is 362 g/mol. The smallest absolute Gasteiger partial charge is 0.138 e. The van der Waals surface area contributed by atoms with Gasteiger partial charge in [0.2, 0.25) is 0 Å². The molecular formula is C23H33N5O. The number of aromatic nitrogens is 2. The SMILES string of the molecule is C=C(N1CCN(C)CC1)n1cc(CN[C@@H](C)c2ccc(OC)cc2)nc1/C=C\C. The lowest BCUT2D eigenvalue weighted by Gasteiger charge is -2.35. The first kappa shape index (κ1) is 21.1.